The largest absolute Gasteiger partial charge is 0.469 e. The number of aryl methyl sites for hydroxylation is 1. The highest BCUT2D eigenvalue weighted by Gasteiger charge is 2.07. The van der Waals surface area contributed by atoms with Gasteiger partial charge in [-0.05, 0) is 25.0 Å². The summed E-state index contributed by atoms with van der Waals surface area (Å²) in [6, 6.07) is 4.17. The summed E-state index contributed by atoms with van der Waals surface area (Å²) >= 11 is 0. The van der Waals surface area contributed by atoms with Crippen LogP contribution in [0.1, 0.15) is 37.8 Å². The molecule has 0 aromatic carbocycles. The van der Waals surface area contributed by atoms with E-state index in [9.17, 15) is 4.79 Å². The van der Waals surface area contributed by atoms with Crippen LogP contribution in [0, 0.1) is 0 Å². The molecule has 1 rings (SSSR count). The van der Waals surface area contributed by atoms with Gasteiger partial charge >= 0.3 is 5.97 Å². The number of carbonyl (C=O) groups is 1. The molecule has 0 aliphatic carbocycles. The Morgan fingerprint density at radius 1 is 1.33 bits per heavy atom. The predicted octanol–water partition coefficient (Wildman–Crippen LogP) is 2.77. The van der Waals surface area contributed by atoms with E-state index >= 15 is 0 Å². The van der Waals surface area contributed by atoms with Crippen molar-refractivity contribution in [3.63, 3.8) is 0 Å². The summed E-state index contributed by atoms with van der Waals surface area (Å²) in [5, 5.41) is 3.39. The molecule has 0 atom stereocenters. The Labute approximate surface area is 162 Å². The monoisotopic (exact) mass is 450 g/mol. The molecular formula is C17H31IN4O2. The lowest BCUT2D eigenvalue weighted by molar-refractivity contribution is -0.140. The quantitative estimate of drug-likeness (QED) is 0.207. The fourth-order valence-corrected chi connectivity index (χ4v) is 2.41. The molecule has 0 aliphatic rings. The minimum absolute atomic E-state index is 0. The van der Waals surface area contributed by atoms with Crippen LogP contribution < -0.4 is 5.32 Å². The molecule has 1 N–H and O–H groups in total. The van der Waals surface area contributed by atoms with Gasteiger partial charge in [-0.2, -0.15) is 0 Å². The SMILES string of the molecule is CN=C(NCCCCCCC(=O)OC)N(C)Cc1cccn1C.I. The molecule has 0 bridgehead atoms. The zero-order chi connectivity index (χ0) is 17.1. The Morgan fingerprint density at radius 3 is 2.62 bits per heavy atom. The molecule has 1 heterocycles. The molecule has 1 aromatic heterocycles. The number of hydrogen-bond donors (Lipinski definition) is 1. The first-order valence-corrected chi connectivity index (χ1v) is 8.17. The molecule has 0 saturated heterocycles. The van der Waals surface area contributed by atoms with Crippen LogP contribution in [0.15, 0.2) is 23.3 Å². The van der Waals surface area contributed by atoms with Gasteiger partial charge in [0.05, 0.1) is 13.7 Å². The molecule has 6 nitrogen and oxygen atoms in total. The third-order valence-electron chi connectivity index (χ3n) is 3.84. The standard InChI is InChI=1S/C17H30N4O2.HI/c1-18-17(21(3)14-15-10-9-13-20(15)2)19-12-8-6-5-7-11-16(22)23-4;/h9-10,13H,5-8,11-12,14H2,1-4H3,(H,18,19);1H. The van der Waals surface area contributed by atoms with Crippen LogP contribution in [0.25, 0.3) is 0 Å². The minimum Gasteiger partial charge on any atom is -0.469 e. The summed E-state index contributed by atoms with van der Waals surface area (Å²) in [6.07, 6.45) is 6.68. The van der Waals surface area contributed by atoms with E-state index in [0.29, 0.717) is 6.42 Å². The number of methoxy groups -OCH3 is 1. The van der Waals surface area contributed by atoms with E-state index in [-0.39, 0.29) is 29.9 Å². The Balaban J connectivity index is 0.00000529. The number of aromatic nitrogens is 1. The Kier molecular flexibility index (Phi) is 12.4. The third kappa shape index (κ3) is 8.56. The Bertz CT molecular complexity index is 503. The Hall–Kier alpha value is -1.25. The lowest BCUT2D eigenvalue weighted by Gasteiger charge is -2.22. The van der Waals surface area contributed by atoms with Gasteiger partial charge < -0.3 is 19.5 Å². The number of rotatable bonds is 9. The third-order valence-corrected chi connectivity index (χ3v) is 3.84. The van der Waals surface area contributed by atoms with Crippen LogP contribution in [0.4, 0.5) is 0 Å². The van der Waals surface area contributed by atoms with Crippen molar-refractivity contribution in [3.05, 3.63) is 24.0 Å². The molecule has 24 heavy (non-hydrogen) atoms. The maximum atomic E-state index is 11.0. The smallest absolute Gasteiger partial charge is 0.305 e. The number of ether oxygens (including phenoxy) is 1. The van der Waals surface area contributed by atoms with Crippen LogP contribution in [0.3, 0.4) is 0 Å². The second-order valence-corrected chi connectivity index (χ2v) is 5.68. The maximum absolute atomic E-state index is 11.0. The van der Waals surface area contributed by atoms with Gasteiger partial charge in [0.1, 0.15) is 0 Å². The van der Waals surface area contributed by atoms with E-state index < -0.39 is 0 Å². The second kappa shape index (κ2) is 13.1. The average Bonchev–Trinajstić information content (AvgIpc) is 2.94. The molecule has 0 radical (unpaired) electrons. The van der Waals surface area contributed by atoms with Gasteiger partial charge in [0.15, 0.2) is 5.96 Å². The van der Waals surface area contributed by atoms with Crippen molar-refractivity contribution in [2.75, 3.05) is 27.7 Å². The molecular weight excluding hydrogens is 419 g/mol. The van der Waals surface area contributed by atoms with E-state index in [1.165, 1.54) is 12.8 Å². The number of aliphatic imine (C=N–C) groups is 1. The fourth-order valence-electron chi connectivity index (χ4n) is 2.41. The van der Waals surface area contributed by atoms with Gasteiger partial charge in [-0.25, -0.2) is 0 Å². The summed E-state index contributed by atoms with van der Waals surface area (Å²) in [4.78, 5) is 17.4. The first-order chi connectivity index (χ1) is 11.1. The van der Waals surface area contributed by atoms with Crippen LogP contribution in [0.5, 0.6) is 0 Å². The fraction of sp³-hybridized carbons (Fsp3) is 0.647. The summed E-state index contributed by atoms with van der Waals surface area (Å²) in [5.74, 6) is 0.784. The number of esters is 1. The van der Waals surface area contributed by atoms with Gasteiger partial charge in [-0.15, -0.1) is 24.0 Å². The van der Waals surface area contributed by atoms with Crippen LogP contribution in [-0.2, 0) is 23.1 Å². The molecule has 1 aromatic rings. The van der Waals surface area contributed by atoms with Gasteiger partial charge in [-0.1, -0.05) is 12.8 Å². The van der Waals surface area contributed by atoms with E-state index in [1.807, 2.05) is 26.4 Å². The number of nitrogens with zero attached hydrogens (tertiary/aromatic N) is 3. The van der Waals surface area contributed by atoms with Gasteiger partial charge in [0.2, 0.25) is 0 Å². The molecule has 0 unspecified atom stereocenters. The topological polar surface area (TPSA) is 58.9 Å². The van der Waals surface area contributed by atoms with Crippen molar-refractivity contribution < 1.29 is 9.53 Å². The van der Waals surface area contributed by atoms with Crippen LogP contribution in [0.2, 0.25) is 0 Å². The van der Waals surface area contributed by atoms with Crippen LogP contribution >= 0.6 is 24.0 Å². The molecule has 0 saturated carbocycles. The zero-order valence-corrected chi connectivity index (χ0v) is 17.6. The number of guanidine groups is 1. The molecule has 0 aliphatic heterocycles. The molecule has 0 fully saturated rings. The summed E-state index contributed by atoms with van der Waals surface area (Å²) in [7, 11) is 7.33. The molecule has 7 heteroatoms. The number of carbonyl (C=O) groups excluding carboxylic acids is 1. The van der Waals surface area contributed by atoms with Crippen molar-refractivity contribution in [2.45, 2.75) is 38.6 Å². The minimum atomic E-state index is -0.120. The number of nitrogens with one attached hydrogen (secondary N) is 1. The van der Waals surface area contributed by atoms with E-state index in [4.69, 9.17) is 0 Å². The highest BCUT2D eigenvalue weighted by molar-refractivity contribution is 14.0. The second-order valence-electron chi connectivity index (χ2n) is 5.68. The number of unbranched alkanes of at least 4 members (excludes halogenated alkanes) is 3. The molecule has 138 valence electrons. The van der Waals surface area contributed by atoms with Gasteiger partial charge in [0.25, 0.3) is 0 Å². The van der Waals surface area contributed by atoms with Gasteiger partial charge in [-0.3, -0.25) is 9.79 Å². The van der Waals surface area contributed by atoms with Crippen molar-refractivity contribution in [3.8, 4) is 0 Å². The summed E-state index contributed by atoms with van der Waals surface area (Å²) < 4.78 is 6.74. The normalized spacial score (nSPS) is 10.9. The van der Waals surface area contributed by atoms with Crippen molar-refractivity contribution in [1.29, 1.82) is 0 Å². The van der Waals surface area contributed by atoms with Gasteiger partial charge in [0, 0.05) is 46.0 Å². The summed E-state index contributed by atoms with van der Waals surface area (Å²) in [6.45, 7) is 1.71. The van der Waals surface area contributed by atoms with Crippen molar-refractivity contribution >= 4 is 35.9 Å². The van der Waals surface area contributed by atoms with E-state index in [0.717, 1.165) is 44.7 Å². The average molecular weight is 450 g/mol. The summed E-state index contributed by atoms with van der Waals surface area (Å²) in [5.41, 5.74) is 1.25. The first-order valence-electron chi connectivity index (χ1n) is 8.17. The van der Waals surface area contributed by atoms with Crippen molar-refractivity contribution in [1.82, 2.24) is 14.8 Å². The molecule has 0 spiro atoms. The number of halogens is 1. The lowest BCUT2D eigenvalue weighted by atomic mass is 10.1. The van der Waals surface area contributed by atoms with Crippen molar-refractivity contribution in [2.24, 2.45) is 12.0 Å². The zero-order valence-electron chi connectivity index (χ0n) is 15.2. The molecule has 0 amide bonds. The number of hydrogen-bond acceptors (Lipinski definition) is 3. The van der Waals surface area contributed by atoms with Crippen LogP contribution in [-0.4, -0.2) is 49.1 Å². The predicted molar refractivity (Wildman–Crippen MR) is 109 cm³/mol. The highest BCUT2D eigenvalue weighted by Crippen LogP contribution is 2.05. The van der Waals surface area contributed by atoms with E-state index in [1.54, 1.807) is 7.05 Å². The highest BCUT2D eigenvalue weighted by atomic mass is 127. The Morgan fingerprint density at radius 2 is 2.04 bits per heavy atom. The van der Waals surface area contributed by atoms with E-state index in [2.05, 4.69) is 30.6 Å². The first kappa shape index (κ1) is 22.8. The maximum Gasteiger partial charge on any atom is 0.305 e. The lowest BCUT2D eigenvalue weighted by Crippen LogP contribution is -2.39.